The predicted octanol–water partition coefficient (Wildman–Crippen LogP) is 2.40. The van der Waals surface area contributed by atoms with Crippen molar-refractivity contribution >= 4 is 18.1 Å². The number of nitrogens with two attached hydrogens (primary N) is 1. The van der Waals surface area contributed by atoms with Gasteiger partial charge in [-0.05, 0) is 77.0 Å². The Balaban J connectivity index is 1.31. The lowest BCUT2D eigenvalue weighted by Crippen LogP contribution is -2.59. The monoisotopic (exact) mass is 407 g/mol. The van der Waals surface area contributed by atoms with E-state index >= 15 is 0 Å². The number of nitrogens with zero attached hydrogens (tertiary/aromatic N) is 1. The Bertz CT molecular complexity index is 687. The smallest absolute Gasteiger partial charge is 0.410 e. The molecule has 8 heteroatoms. The first-order chi connectivity index (χ1) is 13.5. The Hall–Kier alpha value is -1.99. The Morgan fingerprint density at radius 2 is 1.76 bits per heavy atom. The number of likely N-dealkylation sites (tertiary alicyclic amines) is 1. The molecule has 4 saturated carbocycles. The average Bonchev–Trinajstić information content (AvgIpc) is 3.04. The summed E-state index contributed by atoms with van der Waals surface area (Å²) < 4.78 is 11.2. The molecule has 5 fully saturated rings. The molecule has 0 spiro atoms. The first-order valence-corrected chi connectivity index (χ1v) is 10.8. The van der Waals surface area contributed by atoms with Gasteiger partial charge in [0.1, 0.15) is 11.7 Å². The minimum atomic E-state index is -0.553. The molecule has 4 bridgehead atoms. The van der Waals surface area contributed by atoms with Crippen molar-refractivity contribution in [3.63, 3.8) is 0 Å². The second-order valence-electron chi connectivity index (χ2n) is 10.5. The number of hydrogen-bond acceptors (Lipinski definition) is 5. The Morgan fingerprint density at radius 1 is 1.10 bits per heavy atom. The van der Waals surface area contributed by atoms with Crippen molar-refractivity contribution in [2.75, 3.05) is 13.1 Å². The molecule has 3 atom stereocenters. The van der Waals surface area contributed by atoms with Gasteiger partial charge in [0.05, 0.1) is 11.5 Å². The molecule has 5 rings (SSSR count). The van der Waals surface area contributed by atoms with Gasteiger partial charge in [-0.1, -0.05) is 0 Å². The maximum atomic E-state index is 12.8. The molecule has 0 aromatic rings. The largest absolute Gasteiger partial charge is 0.446 e. The van der Waals surface area contributed by atoms with Crippen LogP contribution in [-0.2, 0) is 14.3 Å². The summed E-state index contributed by atoms with van der Waals surface area (Å²) in [5.74, 6) is 0.813. The van der Waals surface area contributed by atoms with E-state index in [9.17, 15) is 14.4 Å². The summed E-state index contributed by atoms with van der Waals surface area (Å²) in [7, 11) is 0. The van der Waals surface area contributed by atoms with Crippen molar-refractivity contribution in [1.82, 2.24) is 10.2 Å². The van der Waals surface area contributed by atoms with Crippen LogP contribution in [0, 0.1) is 23.2 Å². The van der Waals surface area contributed by atoms with Crippen LogP contribution in [0.1, 0.15) is 59.3 Å². The lowest BCUT2D eigenvalue weighted by Gasteiger charge is -2.58. The molecule has 8 nitrogen and oxygen atoms in total. The van der Waals surface area contributed by atoms with Gasteiger partial charge < -0.3 is 25.4 Å². The minimum Gasteiger partial charge on any atom is -0.446 e. The third-order valence-electron chi connectivity index (χ3n) is 7.11. The normalized spacial score (nSPS) is 38.0. The number of alkyl carbamates (subject to hydrolysis) is 1. The number of ether oxygens (including phenoxy) is 2. The summed E-state index contributed by atoms with van der Waals surface area (Å²) in [6.45, 7) is 6.43. The number of carbonyl (C=O) groups is 3. The average molecular weight is 408 g/mol. The van der Waals surface area contributed by atoms with Crippen LogP contribution >= 0.6 is 0 Å². The zero-order chi connectivity index (χ0) is 21.0. The predicted molar refractivity (Wildman–Crippen MR) is 105 cm³/mol. The van der Waals surface area contributed by atoms with Crippen LogP contribution in [0.25, 0.3) is 0 Å². The molecule has 1 heterocycles. The van der Waals surface area contributed by atoms with Gasteiger partial charge in [0.2, 0.25) is 5.91 Å². The highest BCUT2D eigenvalue weighted by Crippen LogP contribution is 2.60. The minimum absolute atomic E-state index is 0.121. The fourth-order valence-corrected chi connectivity index (χ4v) is 6.18. The van der Waals surface area contributed by atoms with Gasteiger partial charge in [0, 0.05) is 13.1 Å². The van der Waals surface area contributed by atoms with Gasteiger partial charge in [-0.3, -0.25) is 4.79 Å². The van der Waals surface area contributed by atoms with Crippen molar-refractivity contribution in [1.29, 1.82) is 0 Å². The molecule has 2 unspecified atom stereocenters. The van der Waals surface area contributed by atoms with Gasteiger partial charge in [0.25, 0.3) is 0 Å². The Kier molecular flexibility index (Phi) is 4.94. The first-order valence-electron chi connectivity index (χ1n) is 10.8. The van der Waals surface area contributed by atoms with Crippen LogP contribution in [0.4, 0.5) is 9.59 Å². The highest BCUT2D eigenvalue weighted by atomic mass is 16.6. The number of primary amides is 1. The summed E-state index contributed by atoms with van der Waals surface area (Å²) in [4.78, 5) is 38.5. The zero-order valence-corrected chi connectivity index (χ0v) is 17.6. The van der Waals surface area contributed by atoms with E-state index < -0.39 is 11.7 Å². The summed E-state index contributed by atoms with van der Waals surface area (Å²) >= 11 is 0. The molecular formula is C21H33N3O5. The van der Waals surface area contributed by atoms with Crippen molar-refractivity contribution in [3.05, 3.63) is 0 Å². The van der Waals surface area contributed by atoms with Crippen molar-refractivity contribution in [2.24, 2.45) is 28.9 Å². The van der Waals surface area contributed by atoms with Crippen LogP contribution < -0.4 is 11.1 Å². The second-order valence-corrected chi connectivity index (χ2v) is 10.5. The number of carbonyl (C=O) groups excluding carboxylic acids is 3. The van der Waals surface area contributed by atoms with E-state index in [0.717, 1.165) is 32.1 Å². The van der Waals surface area contributed by atoms with E-state index in [-0.39, 0.29) is 41.4 Å². The summed E-state index contributed by atoms with van der Waals surface area (Å²) in [6.07, 6.45) is 4.22. The van der Waals surface area contributed by atoms with E-state index in [4.69, 9.17) is 15.2 Å². The highest BCUT2D eigenvalue weighted by Gasteiger charge is 2.59. The second kappa shape index (κ2) is 7.06. The van der Waals surface area contributed by atoms with Gasteiger partial charge in [-0.25, -0.2) is 9.59 Å². The van der Waals surface area contributed by atoms with Crippen LogP contribution in [-0.4, -0.2) is 53.8 Å². The molecule has 1 saturated heterocycles. The third-order valence-corrected chi connectivity index (χ3v) is 7.11. The quantitative estimate of drug-likeness (QED) is 0.746. The Morgan fingerprint density at radius 3 is 2.34 bits per heavy atom. The topological polar surface area (TPSA) is 111 Å². The third kappa shape index (κ3) is 4.03. The molecule has 5 aliphatic rings. The molecule has 0 aromatic heterocycles. The fourth-order valence-electron chi connectivity index (χ4n) is 6.18. The SMILES string of the molecule is CC(C)(C)OC(=O)N[C@@H]1CCN(C(=O)OC2C3CC4CC2CC(C(N)=O)(C4)C3)C1. The lowest BCUT2D eigenvalue weighted by molar-refractivity contribution is -0.161. The van der Waals surface area contributed by atoms with Crippen molar-refractivity contribution < 1.29 is 23.9 Å². The van der Waals surface area contributed by atoms with Crippen LogP contribution in [0.15, 0.2) is 0 Å². The van der Waals surface area contributed by atoms with E-state index in [0.29, 0.717) is 25.4 Å². The van der Waals surface area contributed by atoms with E-state index in [1.165, 1.54) is 0 Å². The molecule has 3 N–H and O–H groups in total. The summed E-state index contributed by atoms with van der Waals surface area (Å²) in [6, 6.07) is -0.131. The van der Waals surface area contributed by atoms with E-state index in [1.807, 2.05) is 20.8 Å². The molecule has 1 aliphatic heterocycles. The number of rotatable bonds is 3. The molecule has 3 amide bonds. The zero-order valence-electron chi connectivity index (χ0n) is 17.6. The summed E-state index contributed by atoms with van der Waals surface area (Å²) in [5.41, 5.74) is 4.80. The van der Waals surface area contributed by atoms with Crippen LogP contribution in [0.5, 0.6) is 0 Å². The maximum absolute atomic E-state index is 12.8. The highest BCUT2D eigenvalue weighted by molar-refractivity contribution is 5.81. The molecule has 162 valence electrons. The standard InChI is InChI=1S/C21H33N3O5/c1-20(2,3)29-18(26)23-15-4-5-24(11-15)19(27)28-16-13-6-12-7-14(16)10-21(8-12,9-13)17(22)25/h12-16H,4-11H2,1-3H3,(H2,22,25)(H,23,26)/t12?,13?,14?,15-,16?,21?/m1/s1. The van der Waals surface area contributed by atoms with Crippen LogP contribution in [0.2, 0.25) is 0 Å². The number of hydrogen-bond donors (Lipinski definition) is 2. The van der Waals surface area contributed by atoms with E-state index in [2.05, 4.69) is 5.32 Å². The molecule has 0 aromatic carbocycles. The van der Waals surface area contributed by atoms with Crippen molar-refractivity contribution in [2.45, 2.75) is 77.0 Å². The van der Waals surface area contributed by atoms with E-state index in [1.54, 1.807) is 4.90 Å². The number of amides is 3. The maximum Gasteiger partial charge on any atom is 0.410 e. The van der Waals surface area contributed by atoms with Gasteiger partial charge >= 0.3 is 12.2 Å². The van der Waals surface area contributed by atoms with Crippen LogP contribution in [0.3, 0.4) is 0 Å². The van der Waals surface area contributed by atoms with Crippen molar-refractivity contribution in [3.8, 4) is 0 Å². The summed E-state index contributed by atoms with van der Waals surface area (Å²) in [5, 5.41) is 2.83. The van der Waals surface area contributed by atoms with Gasteiger partial charge in [0.15, 0.2) is 0 Å². The fraction of sp³-hybridized carbons (Fsp3) is 0.857. The molecular weight excluding hydrogens is 374 g/mol. The number of nitrogens with one attached hydrogen (secondary N) is 1. The molecule has 0 radical (unpaired) electrons. The van der Waals surface area contributed by atoms with Gasteiger partial charge in [-0.15, -0.1) is 0 Å². The lowest BCUT2D eigenvalue weighted by atomic mass is 9.48. The first kappa shape index (κ1) is 20.3. The van der Waals surface area contributed by atoms with Gasteiger partial charge in [-0.2, -0.15) is 0 Å². The Labute approximate surface area is 171 Å². The molecule has 29 heavy (non-hydrogen) atoms. The molecule has 4 aliphatic carbocycles.